The van der Waals surface area contributed by atoms with Crippen molar-refractivity contribution in [3.63, 3.8) is 0 Å². The highest BCUT2D eigenvalue weighted by molar-refractivity contribution is 5.98. The van der Waals surface area contributed by atoms with Crippen LogP contribution in [0.1, 0.15) is 23.1 Å². The molecule has 0 atom stereocenters. The Kier molecular flexibility index (Phi) is 4.36. The van der Waals surface area contributed by atoms with E-state index in [1.807, 2.05) is 59.9 Å². The van der Waals surface area contributed by atoms with Gasteiger partial charge in [-0.3, -0.25) is 23.2 Å². The molecule has 9 nitrogen and oxygen atoms in total. The monoisotopic (exact) mass is 413 g/mol. The van der Waals surface area contributed by atoms with Crippen LogP contribution in [0.15, 0.2) is 65.6 Å². The van der Waals surface area contributed by atoms with E-state index in [0.717, 1.165) is 11.1 Å². The minimum Gasteiger partial charge on any atom is -0.365 e. The van der Waals surface area contributed by atoms with E-state index in [-0.39, 0.29) is 12.1 Å². The van der Waals surface area contributed by atoms with Crippen LogP contribution in [-0.2, 0) is 13.1 Å². The number of aryl methyl sites for hydroxylation is 1. The summed E-state index contributed by atoms with van der Waals surface area (Å²) < 4.78 is 5.06. The molecular weight excluding hydrogens is 394 g/mol. The van der Waals surface area contributed by atoms with Gasteiger partial charge in [0.25, 0.3) is 11.5 Å². The Labute approximate surface area is 176 Å². The molecular formula is C22H19N7O2. The first-order valence-electron chi connectivity index (χ1n) is 9.86. The minimum absolute atomic E-state index is 0.106. The molecule has 3 aromatic heterocycles. The molecule has 5 rings (SSSR count). The maximum Gasteiger partial charge on any atom is 0.262 e. The second-order valence-corrected chi connectivity index (χ2v) is 7.14. The highest BCUT2D eigenvalue weighted by atomic mass is 16.1. The lowest BCUT2D eigenvalue weighted by atomic mass is 10.1. The zero-order valence-corrected chi connectivity index (χ0v) is 16.8. The first-order chi connectivity index (χ1) is 15.1. The van der Waals surface area contributed by atoms with Crippen molar-refractivity contribution in [2.24, 2.45) is 5.73 Å². The number of hydrogen-bond donors (Lipinski definition) is 1. The lowest BCUT2D eigenvalue weighted by Crippen LogP contribution is -2.23. The summed E-state index contributed by atoms with van der Waals surface area (Å²) in [5, 5.41) is 13.8. The Hall–Kier alpha value is -4.27. The van der Waals surface area contributed by atoms with Crippen molar-refractivity contribution in [1.29, 1.82) is 0 Å². The van der Waals surface area contributed by atoms with Gasteiger partial charge < -0.3 is 5.73 Å². The predicted molar refractivity (Wildman–Crippen MR) is 116 cm³/mol. The zero-order valence-electron chi connectivity index (χ0n) is 16.8. The quantitative estimate of drug-likeness (QED) is 0.474. The Balaban J connectivity index is 1.68. The molecule has 2 aromatic carbocycles. The van der Waals surface area contributed by atoms with E-state index in [9.17, 15) is 9.59 Å². The Bertz CT molecular complexity index is 1500. The van der Waals surface area contributed by atoms with Crippen molar-refractivity contribution in [3.8, 4) is 11.3 Å². The van der Waals surface area contributed by atoms with Crippen LogP contribution in [-0.4, -0.2) is 34.9 Å². The molecule has 0 saturated carbocycles. The summed E-state index contributed by atoms with van der Waals surface area (Å²) >= 11 is 0. The van der Waals surface area contributed by atoms with Gasteiger partial charge in [0.2, 0.25) is 5.78 Å². The van der Waals surface area contributed by atoms with Crippen molar-refractivity contribution in [1.82, 2.24) is 28.9 Å². The molecule has 0 radical (unpaired) electrons. The summed E-state index contributed by atoms with van der Waals surface area (Å²) in [7, 11) is 0. The molecule has 31 heavy (non-hydrogen) atoms. The largest absolute Gasteiger partial charge is 0.365 e. The average molecular weight is 413 g/mol. The van der Waals surface area contributed by atoms with Crippen LogP contribution < -0.4 is 11.3 Å². The van der Waals surface area contributed by atoms with Gasteiger partial charge in [-0.1, -0.05) is 42.5 Å². The number of hydrogen-bond acceptors (Lipinski definition) is 5. The SMILES string of the molecule is CCn1c(=O)c2ccccc2n2c(Cn3cc(C(N)=O)c(-c4ccccc4)n3)nnc12. The highest BCUT2D eigenvalue weighted by Crippen LogP contribution is 2.22. The molecule has 0 spiro atoms. The summed E-state index contributed by atoms with van der Waals surface area (Å²) in [5.74, 6) is 0.500. The summed E-state index contributed by atoms with van der Waals surface area (Å²) in [5.41, 5.74) is 7.85. The fraction of sp³-hybridized carbons (Fsp3) is 0.136. The number of nitrogens with two attached hydrogens (primary N) is 1. The number of fused-ring (bicyclic) bond motifs is 3. The molecule has 0 aliphatic carbocycles. The van der Waals surface area contributed by atoms with Crippen LogP contribution >= 0.6 is 0 Å². The van der Waals surface area contributed by atoms with E-state index in [4.69, 9.17) is 5.73 Å². The first kappa shape index (κ1) is 18.7. The summed E-state index contributed by atoms with van der Waals surface area (Å²) in [4.78, 5) is 24.9. The fourth-order valence-corrected chi connectivity index (χ4v) is 3.84. The lowest BCUT2D eigenvalue weighted by Gasteiger charge is -2.09. The van der Waals surface area contributed by atoms with Gasteiger partial charge in [-0.15, -0.1) is 10.2 Å². The molecule has 0 saturated heterocycles. The van der Waals surface area contributed by atoms with Gasteiger partial charge in [-0.05, 0) is 19.1 Å². The van der Waals surface area contributed by atoms with E-state index in [2.05, 4.69) is 15.3 Å². The van der Waals surface area contributed by atoms with Crippen molar-refractivity contribution in [3.05, 3.63) is 82.5 Å². The zero-order chi connectivity index (χ0) is 21.5. The van der Waals surface area contributed by atoms with Gasteiger partial charge >= 0.3 is 0 Å². The standard InChI is InChI=1S/C22H19N7O2/c1-2-28-21(31)15-10-6-7-11-17(15)29-18(24-25-22(28)29)13-27-12-16(20(23)30)19(26-27)14-8-4-3-5-9-14/h3-12H,2,13H2,1H3,(H2,23,30). The maximum absolute atomic E-state index is 12.8. The Morgan fingerprint density at radius 3 is 2.52 bits per heavy atom. The van der Waals surface area contributed by atoms with Crippen LogP contribution in [0.5, 0.6) is 0 Å². The van der Waals surface area contributed by atoms with Gasteiger partial charge in [-0.25, -0.2) is 0 Å². The van der Waals surface area contributed by atoms with Crippen LogP contribution in [0.3, 0.4) is 0 Å². The topological polar surface area (TPSA) is 113 Å². The third-order valence-electron chi connectivity index (χ3n) is 5.27. The number of carbonyl (C=O) groups is 1. The predicted octanol–water partition coefficient (Wildman–Crippen LogP) is 2.07. The fourth-order valence-electron chi connectivity index (χ4n) is 3.84. The number of primary amides is 1. The van der Waals surface area contributed by atoms with Crippen molar-refractivity contribution in [2.75, 3.05) is 0 Å². The molecule has 0 aliphatic heterocycles. The number of aromatic nitrogens is 6. The summed E-state index contributed by atoms with van der Waals surface area (Å²) in [6, 6.07) is 16.8. The van der Waals surface area contributed by atoms with E-state index in [0.29, 0.717) is 34.8 Å². The van der Waals surface area contributed by atoms with Crippen molar-refractivity contribution >= 4 is 22.6 Å². The van der Waals surface area contributed by atoms with Gasteiger partial charge in [0.15, 0.2) is 5.82 Å². The second-order valence-electron chi connectivity index (χ2n) is 7.14. The number of para-hydroxylation sites is 1. The molecule has 154 valence electrons. The van der Waals surface area contributed by atoms with Crippen molar-refractivity contribution < 1.29 is 4.79 Å². The highest BCUT2D eigenvalue weighted by Gasteiger charge is 2.19. The molecule has 9 heteroatoms. The Morgan fingerprint density at radius 2 is 1.77 bits per heavy atom. The Morgan fingerprint density at radius 1 is 1.03 bits per heavy atom. The second kappa shape index (κ2) is 7.21. The van der Waals surface area contributed by atoms with Crippen LogP contribution in [0.25, 0.3) is 27.9 Å². The molecule has 5 aromatic rings. The molecule has 0 unspecified atom stereocenters. The lowest BCUT2D eigenvalue weighted by molar-refractivity contribution is 0.100. The van der Waals surface area contributed by atoms with Gasteiger partial charge in [0.05, 0.1) is 16.5 Å². The smallest absolute Gasteiger partial charge is 0.262 e. The van der Waals surface area contributed by atoms with E-state index in [1.54, 1.807) is 21.5 Å². The van der Waals surface area contributed by atoms with E-state index in [1.165, 1.54) is 0 Å². The van der Waals surface area contributed by atoms with Crippen LogP contribution in [0, 0.1) is 0 Å². The normalized spacial score (nSPS) is 11.4. The number of rotatable bonds is 5. The molecule has 2 N–H and O–H groups in total. The molecule has 0 bridgehead atoms. The molecule has 3 heterocycles. The third kappa shape index (κ3) is 2.98. The number of amides is 1. The van der Waals surface area contributed by atoms with Gasteiger partial charge in [0, 0.05) is 18.3 Å². The molecule has 1 amide bonds. The maximum atomic E-state index is 12.8. The average Bonchev–Trinajstić information content (AvgIpc) is 3.40. The number of benzene rings is 2. The van der Waals surface area contributed by atoms with Gasteiger partial charge in [-0.2, -0.15) is 5.10 Å². The molecule has 0 aliphatic rings. The van der Waals surface area contributed by atoms with E-state index < -0.39 is 5.91 Å². The van der Waals surface area contributed by atoms with Crippen LogP contribution in [0.2, 0.25) is 0 Å². The first-order valence-corrected chi connectivity index (χ1v) is 9.86. The minimum atomic E-state index is -0.554. The molecule has 0 fully saturated rings. The summed E-state index contributed by atoms with van der Waals surface area (Å²) in [6.07, 6.45) is 1.61. The third-order valence-corrected chi connectivity index (χ3v) is 5.27. The van der Waals surface area contributed by atoms with Gasteiger partial charge in [0.1, 0.15) is 12.2 Å². The van der Waals surface area contributed by atoms with Crippen LogP contribution in [0.4, 0.5) is 0 Å². The van der Waals surface area contributed by atoms with E-state index >= 15 is 0 Å². The summed E-state index contributed by atoms with van der Waals surface area (Å²) in [6.45, 7) is 2.61. The number of nitrogens with zero attached hydrogens (tertiary/aromatic N) is 6. The number of carbonyl (C=O) groups excluding carboxylic acids is 1. The van der Waals surface area contributed by atoms with Crippen molar-refractivity contribution in [2.45, 2.75) is 20.0 Å².